The van der Waals surface area contributed by atoms with Crippen molar-refractivity contribution >= 4 is 0 Å². The van der Waals surface area contributed by atoms with Gasteiger partial charge in [-0.25, -0.2) is 4.98 Å². The Morgan fingerprint density at radius 3 is 2.47 bits per heavy atom. The number of hydrogen-bond acceptors (Lipinski definition) is 5. The van der Waals surface area contributed by atoms with Gasteiger partial charge in [-0.1, -0.05) is 0 Å². The van der Waals surface area contributed by atoms with E-state index in [9.17, 15) is 0 Å². The first-order valence-corrected chi connectivity index (χ1v) is 5.14. The van der Waals surface area contributed by atoms with E-state index in [2.05, 4.69) is 9.97 Å². The van der Waals surface area contributed by atoms with Crippen LogP contribution in [0.15, 0.2) is 36.7 Å². The summed E-state index contributed by atoms with van der Waals surface area (Å²) >= 11 is 0. The molecule has 1 aromatic heterocycles. The van der Waals surface area contributed by atoms with Crippen LogP contribution >= 0.6 is 0 Å². The smallest absolute Gasteiger partial charge is 0.238 e. The van der Waals surface area contributed by atoms with Crippen LogP contribution in [0.2, 0.25) is 0 Å². The van der Waals surface area contributed by atoms with Crippen molar-refractivity contribution in [3.05, 3.63) is 42.4 Å². The lowest BCUT2D eigenvalue weighted by Crippen LogP contribution is -2.01. The molecule has 0 atom stereocenters. The summed E-state index contributed by atoms with van der Waals surface area (Å²) in [5, 5.41) is 0. The number of benzene rings is 1. The molecular weight excluding hydrogens is 218 g/mol. The van der Waals surface area contributed by atoms with Gasteiger partial charge < -0.3 is 15.2 Å². The third-order valence-corrected chi connectivity index (χ3v) is 2.15. The Morgan fingerprint density at radius 1 is 1.12 bits per heavy atom. The Morgan fingerprint density at radius 2 is 1.82 bits per heavy atom. The van der Waals surface area contributed by atoms with Crippen molar-refractivity contribution in [2.75, 3.05) is 7.11 Å². The summed E-state index contributed by atoms with van der Waals surface area (Å²) in [5.74, 6) is 1.88. The van der Waals surface area contributed by atoms with E-state index in [1.165, 1.54) is 0 Å². The largest absolute Gasteiger partial charge is 0.497 e. The Balaban J connectivity index is 2.13. The van der Waals surface area contributed by atoms with Crippen LogP contribution < -0.4 is 15.2 Å². The molecule has 1 heterocycles. The van der Waals surface area contributed by atoms with E-state index in [0.717, 1.165) is 5.75 Å². The number of nitrogens with zero attached hydrogens (tertiary/aromatic N) is 2. The average molecular weight is 231 g/mol. The second-order valence-electron chi connectivity index (χ2n) is 3.33. The lowest BCUT2D eigenvalue weighted by Gasteiger charge is -2.06. The fourth-order valence-electron chi connectivity index (χ4n) is 1.30. The van der Waals surface area contributed by atoms with Gasteiger partial charge in [0.1, 0.15) is 11.5 Å². The van der Waals surface area contributed by atoms with Gasteiger partial charge in [0.15, 0.2) is 0 Å². The maximum atomic E-state index is 5.54. The Hall–Kier alpha value is -2.14. The maximum Gasteiger partial charge on any atom is 0.238 e. The van der Waals surface area contributed by atoms with E-state index in [-0.39, 0.29) is 0 Å². The minimum Gasteiger partial charge on any atom is -0.497 e. The number of rotatable bonds is 4. The predicted molar refractivity (Wildman–Crippen MR) is 63.0 cm³/mol. The molecule has 0 aliphatic heterocycles. The highest BCUT2D eigenvalue weighted by Gasteiger charge is 2.01. The molecule has 0 unspecified atom stereocenters. The Labute approximate surface area is 99.2 Å². The van der Waals surface area contributed by atoms with Gasteiger partial charge in [-0.05, 0) is 24.3 Å². The molecule has 1 aromatic carbocycles. The van der Waals surface area contributed by atoms with Crippen molar-refractivity contribution in [3.63, 3.8) is 0 Å². The standard InChI is InChI=1S/C12H13N3O2/c1-16-10-2-4-11(5-3-10)17-12-8-14-7-9(6-13)15-12/h2-5,7-8H,6,13H2,1H3. The van der Waals surface area contributed by atoms with Crippen LogP contribution in [-0.2, 0) is 6.54 Å². The lowest BCUT2D eigenvalue weighted by molar-refractivity contribution is 0.412. The highest BCUT2D eigenvalue weighted by molar-refractivity contribution is 5.33. The van der Waals surface area contributed by atoms with Crippen LogP contribution in [0.3, 0.4) is 0 Å². The van der Waals surface area contributed by atoms with Gasteiger partial charge >= 0.3 is 0 Å². The second-order valence-corrected chi connectivity index (χ2v) is 3.33. The van der Waals surface area contributed by atoms with E-state index >= 15 is 0 Å². The zero-order chi connectivity index (χ0) is 12.1. The van der Waals surface area contributed by atoms with E-state index in [1.807, 2.05) is 12.1 Å². The molecule has 5 nitrogen and oxygen atoms in total. The van der Waals surface area contributed by atoms with Gasteiger partial charge in [0.2, 0.25) is 5.88 Å². The maximum absolute atomic E-state index is 5.54. The summed E-state index contributed by atoms with van der Waals surface area (Å²) in [5.41, 5.74) is 6.17. The highest BCUT2D eigenvalue weighted by atomic mass is 16.5. The molecule has 0 saturated carbocycles. The molecule has 0 aliphatic carbocycles. The topological polar surface area (TPSA) is 70.3 Å². The molecule has 0 spiro atoms. The van der Waals surface area contributed by atoms with Gasteiger partial charge in [0.05, 0.1) is 19.0 Å². The molecule has 0 aliphatic rings. The van der Waals surface area contributed by atoms with E-state index < -0.39 is 0 Å². The van der Waals surface area contributed by atoms with Crippen molar-refractivity contribution in [3.8, 4) is 17.4 Å². The van der Waals surface area contributed by atoms with Crippen LogP contribution in [0.5, 0.6) is 17.4 Å². The molecule has 5 heteroatoms. The first-order chi connectivity index (χ1) is 8.31. The molecule has 0 bridgehead atoms. The molecule has 0 saturated heterocycles. The number of nitrogens with two attached hydrogens (primary N) is 1. The summed E-state index contributed by atoms with van der Waals surface area (Å²) in [6.07, 6.45) is 3.16. The van der Waals surface area contributed by atoms with Crippen molar-refractivity contribution in [2.24, 2.45) is 5.73 Å². The van der Waals surface area contributed by atoms with Gasteiger partial charge in [-0.2, -0.15) is 0 Å². The van der Waals surface area contributed by atoms with Crippen LogP contribution in [0.1, 0.15) is 5.69 Å². The molecule has 2 aromatic rings. The van der Waals surface area contributed by atoms with Crippen molar-refractivity contribution in [1.82, 2.24) is 9.97 Å². The normalized spacial score (nSPS) is 10.0. The summed E-state index contributed by atoms with van der Waals surface area (Å²) in [6.45, 7) is 0.340. The van der Waals surface area contributed by atoms with E-state index in [1.54, 1.807) is 31.6 Å². The van der Waals surface area contributed by atoms with Crippen LogP contribution in [0.4, 0.5) is 0 Å². The SMILES string of the molecule is COc1ccc(Oc2cncc(CN)n2)cc1. The summed E-state index contributed by atoms with van der Waals surface area (Å²) in [6, 6.07) is 7.23. The predicted octanol–water partition coefficient (Wildman–Crippen LogP) is 1.74. The molecule has 2 rings (SSSR count). The van der Waals surface area contributed by atoms with Crippen molar-refractivity contribution < 1.29 is 9.47 Å². The Kier molecular flexibility index (Phi) is 3.52. The highest BCUT2D eigenvalue weighted by Crippen LogP contribution is 2.21. The third kappa shape index (κ3) is 2.92. The molecule has 0 radical (unpaired) electrons. The van der Waals surface area contributed by atoms with Crippen LogP contribution in [-0.4, -0.2) is 17.1 Å². The minimum absolute atomic E-state index is 0.340. The third-order valence-electron chi connectivity index (χ3n) is 2.15. The van der Waals surface area contributed by atoms with Gasteiger partial charge in [0.25, 0.3) is 0 Å². The molecule has 0 amide bonds. The number of methoxy groups -OCH3 is 1. The van der Waals surface area contributed by atoms with Crippen molar-refractivity contribution in [1.29, 1.82) is 0 Å². The lowest BCUT2D eigenvalue weighted by atomic mass is 10.3. The summed E-state index contributed by atoms with van der Waals surface area (Å²) in [7, 11) is 1.62. The van der Waals surface area contributed by atoms with Crippen LogP contribution in [0, 0.1) is 0 Å². The molecule has 2 N–H and O–H groups in total. The molecule has 88 valence electrons. The average Bonchev–Trinajstić information content (AvgIpc) is 2.40. The van der Waals surface area contributed by atoms with Crippen molar-refractivity contribution in [2.45, 2.75) is 6.54 Å². The number of aromatic nitrogens is 2. The molecular formula is C12H13N3O2. The fraction of sp³-hybridized carbons (Fsp3) is 0.167. The fourth-order valence-corrected chi connectivity index (χ4v) is 1.30. The molecule has 0 fully saturated rings. The minimum atomic E-state index is 0.340. The number of ether oxygens (including phenoxy) is 2. The monoisotopic (exact) mass is 231 g/mol. The van der Waals surface area contributed by atoms with Gasteiger partial charge in [0, 0.05) is 12.7 Å². The summed E-state index contributed by atoms with van der Waals surface area (Å²) < 4.78 is 10.6. The zero-order valence-electron chi connectivity index (χ0n) is 9.46. The quantitative estimate of drug-likeness (QED) is 0.867. The first-order valence-electron chi connectivity index (χ1n) is 5.14. The Bertz CT molecular complexity index is 485. The second kappa shape index (κ2) is 5.27. The molecule has 17 heavy (non-hydrogen) atoms. The van der Waals surface area contributed by atoms with E-state index in [0.29, 0.717) is 23.9 Å². The summed E-state index contributed by atoms with van der Waals surface area (Å²) in [4.78, 5) is 8.18. The van der Waals surface area contributed by atoms with Crippen LogP contribution in [0.25, 0.3) is 0 Å². The van der Waals surface area contributed by atoms with Gasteiger partial charge in [-0.15, -0.1) is 0 Å². The number of hydrogen-bond donors (Lipinski definition) is 1. The first kappa shape index (κ1) is 11.3. The zero-order valence-corrected chi connectivity index (χ0v) is 9.46. The van der Waals surface area contributed by atoms with E-state index in [4.69, 9.17) is 15.2 Å². The van der Waals surface area contributed by atoms with Gasteiger partial charge in [-0.3, -0.25) is 4.98 Å².